The summed E-state index contributed by atoms with van der Waals surface area (Å²) in [5.74, 6) is -0.0941. The van der Waals surface area contributed by atoms with Crippen molar-refractivity contribution in [3.05, 3.63) is 70.8 Å². The number of aryl methyl sites for hydroxylation is 2. The van der Waals surface area contributed by atoms with Gasteiger partial charge in [0.2, 0.25) is 0 Å². The van der Waals surface area contributed by atoms with E-state index in [4.69, 9.17) is 16.3 Å². The Morgan fingerprint density at radius 2 is 2.04 bits per heavy atom. The maximum absolute atomic E-state index is 13.0. The summed E-state index contributed by atoms with van der Waals surface area (Å²) in [5, 5.41) is 9.77. The van der Waals surface area contributed by atoms with Gasteiger partial charge in [0, 0.05) is 5.69 Å². The minimum absolute atomic E-state index is 0.0612. The van der Waals surface area contributed by atoms with E-state index in [2.05, 4.69) is 15.7 Å². The molecule has 0 aliphatic carbocycles. The molecule has 2 N–H and O–H groups in total. The summed E-state index contributed by atoms with van der Waals surface area (Å²) in [6.45, 7) is 3.98. The van der Waals surface area contributed by atoms with Gasteiger partial charge < -0.3 is 15.4 Å². The van der Waals surface area contributed by atoms with Crippen molar-refractivity contribution in [1.82, 2.24) is 9.78 Å². The summed E-state index contributed by atoms with van der Waals surface area (Å²) < 4.78 is 20.0. The fourth-order valence-corrected chi connectivity index (χ4v) is 2.69. The topological polar surface area (TPSA) is 68.2 Å². The molecule has 27 heavy (non-hydrogen) atoms. The van der Waals surface area contributed by atoms with Crippen molar-refractivity contribution in [2.24, 2.45) is 0 Å². The summed E-state index contributed by atoms with van der Waals surface area (Å²) in [5.41, 5.74) is 3.34. The third kappa shape index (κ3) is 4.98. The average Bonchev–Trinajstić information content (AvgIpc) is 3.04. The van der Waals surface area contributed by atoms with Crippen molar-refractivity contribution < 1.29 is 13.9 Å². The second kappa shape index (κ2) is 8.09. The van der Waals surface area contributed by atoms with Crippen LogP contribution in [0.1, 0.15) is 11.1 Å². The van der Waals surface area contributed by atoms with Gasteiger partial charge in [-0.2, -0.15) is 5.10 Å². The third-order valence-corrected chi connectivity index (χ3v) is 4.06. The van der Waals surface area contributed by atoms with E-state index < -0.39 is 5.82 Å². The fraction of sp³-hybridized carbons (Fsp3) is 0.158. The van der Waals surface area contributed by atoms with Gasteiger partial charge in [-0.3, -0.25) is 0 Å². The van der Waals surface area contributed by atoms with E-state index in [-0.39, 0.29) is 17.8 Å². The number of ether oxygens (including phenoxy) is 1. The van der Waals surface area contributed by atoms with Crippen LogP contribution in [-0.4, -0.2) is 15.8 Å². The van der Waals surface area contributed by atoms with Gasteiger partial charge in [0.05, 0.1) is 23.1 Å². The van der Waals surface area contributed by atoms with Crippen LogP contribution in [0, 0.1) is 19.7 Å². The highest BCUT2D eigenvalue weighted by atomic mass is 35.5. The number of carbonyl (C=O) groups is 1. The minimum atomic E-state index is -0.437. The molecule has 0 aliphatic heterocycles. The average molecular weight is 389 g/mol. The zero-order valence-corrected chi connectivity index (χ0v) is 15.5. The summed E-state index contributed by atoms with van der Waals surface area (Å²) in [4.78, 5) is 12.1. The Labute approximate surface area is 160 Å². The number of aromatic nitrogens is 2. The van der Waals surface area contributed by atoms with Crippen molar-refractivity contribution in [2.75, 3.05) is 10.6 Å². The summed E-state index contributed by atoms with van der Waals surface area (Å²) >= 11 is 5.91. The standard InChI is InChI=1S/C19H18ClFN4O2/c1-12-3-5-17(13(2)7-12)24-19(26)23-15-9-22-25(10-15)11-27-18-6-4-14(21)8-16(18)20/h3-10H,11H2,1-2H3,(H2,23,24,26). The number of carbonyl (C=O) groups excluding carboxylic acids is 1. The number of hydrogen-bond donors (Lipinski definition) is 2. The minimum Gasteiger partial charge on any atom is -0.470 e. The van der Waals surface area contributed by atoms with Gasteiger partial charge in [0.1, 0.15) is 11.6 Å². The van der Waals surface area contributed by atoms with E-state index in [1.807, 2.05) is 32.0 Å². The van der Waals surface area contributed by atoms with E-state index >= 15 is 0 Å². The molecule has 0 saturated carbocycles. The van der Waals surface area contributed by atoms with Gasteiger partial charge in [-0.05, 0) is 43.7 Å². The molecule has 0 fully saturated rings. The van der Waals surface area contributed by atoms with E-state index in [1.165, 1.54) is 29.1 Å². The van der Waals surface area contributed by atoms with Gasteiger partial charge in [0.15, 0.2) is 6.73 Å². The first-order chi connectivity index (χ1) is 12.9. The van der Waals surface area contributed by atoms with Gasteiger partial charge in [-0.1, -0.05) is 29.3 Å². The van der Waals surface area contributed by atoms with Gasteiger partial charge in [-0.25, -0.2) is 13.9 Å². The second-order valence-electron chi connectivity index (χ2n) is 6.01. The Hall–Kier alpha value is -3.06. The summed E-state index contributed by atoms with van der Waals surface area (Å²) in [6, 6.07) is 9.28. The number of rotatable bonds is 5. The van der Waals surface area contributed by atoms with E-state index in [0.717, 1.165) is 16.8 Å². The molecule has 3 rings (SSSR count). The van der Waals surface area contributed by atoms with E-state index in [9.17, 15) is 9.18 Å². The van der Waals surface area contributed by atoms with Crippen molar-refractivity contribution in [1.29, 1.82) is 0 Å². The molecular weight excluding hydrogens is 371 g/mol. The predicted molar refractivity (Wildman–Crippen MR) is 103 cm³/mol. The van der Waals surface area contributed by atoms with Crippen LogP contribution < -0.4 is 15.4 Å². The summed E-state index contributed by atoms with van der Waals surface area (Å²) in [6.07, 6.45) is 3.11. The van der Waals surface area contributed by atoms with Crippen molar-refractivity contribution in [2.45, 2.75) is 20.6 Å². The van der Waals surface area contributed by atoms with Crippen LogP contribution in [0.5, 0.6) is 5.75 Å². The van der Waals surface area contributed by atoms with Crippen LogP contribution in [0.15, 0.2) is 48.8 Å². The first-order valence-corrected chi connectivity index (χ1v) is 8.54. The van der Waals surface area contributed by atoms with Crippen molar-refractivity contribution >= 4 is 29.0 Å². The van der Waals surface area contributed by atoms with Gasteiger partial charge >= 0.3 is 6.03 Å². The quantitative estimate of drug-likeness (QED) is 0.648. The Balaban J connectivity index is 1.56. The fourth-order valence-electron chi connectivity index (χ4n) is 2.47. The molecule has 3 aromatic rings. The maximum atomic E-state index is 13.0. The lowest BCUT2D eigenvalue weighted by Gasteiger charge is -2.09. The SMILES string of the molecule is Cc1ccc(NC(=O)Nc2cnn(COc3ccc(F)cc3Cl)c2)c(C)c1. The molecule has 140 valence electrons. The lowest BCUT2D eigenvalue weighted by molar-refractivity contribution is 0.221. The molecule has 6 nitrogen and oxygen atoms in total. The van der Waals surface area contributed by atoms with Gasteiger partial charge in [0.25, 0.3) is 0 Å². The third-order valence-electron chi connectivity index (χ3n) is 3.77. The number of amides is 2. The number of halogens is 2. The monoisotopic (exact) mass is 388 g/mol. The smallest absolute Gasteiger partial charge is 0.323 e. The van der Waals surface area contributed by atoms with Crippen LogP contribution in [-0.2, 0) is 6.73 Å². The molecule has 0 radical (unpaired) electrons. The largest absolute Gasteiger partial charge is 0.470 e. The lowest BCUT2D eigenvalue weighted by Crippen LogP contribution is -2.19. The van der Waals surface area contributed by atoms with Crippen LogP contribution in [0.4, 0.5) is 20.6 Å². The zero-order chi connectivity index (χ0) is 19.4. The van der Waals surface area contributed by atoms with Crippen molar-refractivity contribution in [3.8, 4) is 5.75 Å². The van der Waals surface area contributed by atoms with Crippen molar-refractivity contribution in [3.63, 3.8) is 0 Å². The van der Waals surface area contributed by atoms with Gasteiger partial charge in [-0.15, -0.1) is 0 Å². The number of urea groups is 1. The van der Waals surface area contributed by atoms with Crippen LogP contribution in [0.3, 0.4) is 0 Å². The molecule has 0 atom stereocenters. The van der Waals surface area contributed by atoms with E-state index in [0.29, 0.717) is 11.4 Å². The highest BCUT2D eigenvalue weighted by Gasteiger charge is 2.08. The highest BCUT2D eigenvalue weighted by molar-refractivity contribution is 6.32. The van der Waals surface area contributed by atoms with E-state index in [1.54, 1.807) is 6.20 Å². The Morgan fingerprint density at radius 3 is 2.78 bits per heavy atom. The predicted octanol–water partition coefficient (Wildman–Crippen LogP) is 4.97. The number of hydrogen-bond acceptors (Lipinski definition) is 3. The van der Waals surface area contributed by atoms with Crippen LogP contribution >= 0.6 is 11.6 Å². The molecule has 0 unspecified atom stereocenters. The maximum Gasteiger partial charge on any atom is 0.323 e. The number of nitrogens with zero attached hydrogens (tertiary/aromatic N) is 2. The number of anilines is 2. The Morgan fingerprint density at radius 1 is 1.22 bits per heavy atom. The Kier molecular flexibility index (Phi) is 5.61. The molecule has 0 spiro atoms. The molecule has 0 bridgehead atoms. The van der Waals surface area contributed by atoms with Crippen LogP contribution in [0.25, 0.3) is 0 Å². The zero-order valence-electron chi connectivity index (χ0n) is 14.8. The normalized spacial score (nSPS) is 10.5. The second-order valence-corrected chi connectivity index (χ2v) is 6.42. The number of nitrogens with one attached hydrogen (secondary N) is 2. The first-order valence-electron chi connectivity index (χ1n) is 8.16. The molecular formula is C19H18ClFN4O2. The Bertz CT molecular complexity index is 974. The molecule has 2 amide bonds. The molecule has 0 aliphatic rings. The molecule has 0 saturated heterocycles. The molecule has 8 heteroatoms. The summed E-state index contributed by atoms with van der Waals surface area (Å²) in [7, 11) is 0. The van der Waals surface area contributed by atoms with Crippen LogP contribution in [0.2, 0.25) is 5.02 Å². The molecule has 1 heterocycles. The molecule has 2 aromatic carbocycles. The highest BCUT2D eigenvalue weighted by Crippen LogP contribution is 2.25. The number of benzene rings is 2. The first kappa shape index (κ1) is 18.7. The lowest BCUT2D eigenvalue weighted by atomic mass is 10.1. The molecule has 1 aromatic heterocycles.